The van der Waals surface area contributed by atoms with Crippen molar-refractivity contribution in [3.8, 4) is 11.8 Å². The van der Waals surface area contributed by atoms with Crippen molar-refractivity contribution in [2.75, 3.05) is 0 Å². The first kappa shape index (κ1) is 20.0. The zero-order chi connectivity index (χ0) is 22.1. The van der Waals surface area contributed by atoms with E-state index in [9.17, 15) is 9.50 Å². The maximum atomic E-state index is 14.7. The monoisotopic (exact) mass is 425 g/mol. The molecular weight excluding hydrogens is 405 g/mol. The Bertz CT molecular complexity index is 1290. The molecule has 2 atom stereocenters. The van der Waals surface area contributed by atoms with Crippen molar-refractivity contribution in [3.63, 3.8) is 0 Å². The molecule has 1 aliphatic rings. The number of benzene rings is 3. The van der Waals surface area contributed by atoms with Gasteiger partial charge in [0.05, 0.1) is 35.9 Å². The van der Waals surface area contributed by atoms with Crippen molar-refractivity contribution in [2.45, 2.75) is 24.7 Å². The number of halogens is 1. The van der Waals surface area contributed by atoms with Gasteiger partial charge in [0, 0.05) is 12.0 Å². The second kappa shape index (κ2) is 7.95. The minimum atomic E-state index is -1.32. The summed E-state index contributed by atoms with van der Waals surface area (Å²) in [6, 6.07) is 23.1. The smallest absolute Gasteiger partial charge is 0.133 e. The van der Waals surface area contributed by atoms with Crippen molar-refractivity contribution in [3.05, 3.63) is 119 Å². The van der Waals surface area contributed by atoms with Crippen molar-refractivity contribution in [1.29, 1.82) is 5.26 Å². The standard InChI is InChI=1S/C26H20FN3O2/c27-23-12-19(14-28)6-11-22(23)24-13-26(31,25-15-29-17-30(24)25)20-7-9-21(10-8-20)32-16-18-4-2-1-3-5-18/h1-12,15,17,24,31H,13,16H2/t24-,26+/m1/s1. The summed E-state index contributed by atoms with van der Waals surface area (Å²) >= 11 is 0. The third-order valence-electron chi connectivity index (χ3n) is 5.98. The quantitative estimate of drug-likeness (QED) is 0.503. The molecule has 0 aliphatic carbocycles. The van der Waals surface area contributed by atoms with Crippen LogP contribution in [0.3, 0.4) is 0 Å². The van der Waals surface area contributed by atoms with Gasteiger partial charge in [0.25, 0.3) is 0 Å². The summed E-state index contributed by atoms with van der Waals surface area (Å²) in [6.07, 6.45) is 3.48. The van der Waals surface area contributed by atoms with Gasteiger partial charge in [-0.2, -0.15) is 5.26 Å². The Kier molecular flexibility index (Phi) is 4.96. The van der Waals surface area contributed by atoms with Crippen LogP contribution in [0.25, 0.3) is 0 Å². The molecule has 5 rings (SSSR count). The Hall–Kier alpha value is -3.95. The number of hydrogen-bond donors (Lipinski definition) is 1. The van der Waals surface area contributed by atoms with Crippen LogP contribution in [0.5, 0.6) is 5.75 Å². The molecule has 32 heavy (non-hydrogen) atoms. The van der Waals surface area contributed by atoms with Crippen LogP contribution >= 0.6 is 0 Å². The summed E-state index contributed by atoms with van der Waals surface area (Å²) in [4.78, 5) is 4.19. The number of hydrogen-bond acceptors (Lipinski definition) is 4. The molecule has 1 aromatic heterocycles. The van der Waals surface area contributed by atoms with Crippen LogP contribution in [0.4, 0.5) is 4.39 Å². The van der Waals surface area contributed by atoms with E-state index < -0.39 is 17.5 Å². The van der Waals surface area contributed by atoms with Gasteiger partial charge in [-0.1, -0.05) is 48.5 Å². The van der Waals surface area contributed by atoms with Crippen LogP contribution in [-0.4, -0.2) is 14.7 Å². The van der Waals surface area contributed by atoms with E-state index in [0.717, 1.165) is 5.56 Å². The zero-order valence-corrected chi connectivity index (χ0v) is 17.1. The van der Waals surface area contributed by atoms with E-state index in [1.807, 2.05) is 60.7 Å². The average Bonchev–Trinajstić information content (AvgIpc) is 3.42. The first-order valence-corrected chi connectivity index (χ1v) is 10.3. The maximum absolute atomic E-state index is 14.7. The van der Waals surface area contributed by atoms with Gasteiger partial charge in [0.15, 0.2) is 0 Å². The average molecular weight is 425 g/mol. The number of nitriles is 1. The van der Waals surface area contributed by atoms with E-state index in [1.54, 1.807) is 29.2 Å². The SMILES string of the molecule is N#Cc1ccc([C@H]2C[C@](O)(c3ccc(OCc4ccccc4)cc3)c3cncn32)c(F)c1. The number of rotatable bonds is 5. The normalized spacial score (nSPS) is 19.3. The number of fused-ring (bicyclic) bond motifs is 1. The number of aromatic nitrogens is 2. The molecular formula is C26H20FN3O2. The molecule has 0 amide bonds. The molecule has 6 heteroatoms. The van der Waals surface area contributed by atoms with Gasteiger partial charge >= 0.3 is 0 Å². The molecule has 0 saturated carbocycles. The summed E-state index contributed by atoms with van der Waals surface area (Å²) < 4.78 is 22.4. The fraction of sp³-hybridized carbons (Fsp3) is 0.154. The van der Waals surface area contributed by atoms with E-state index in [-0.39, 0.29) is 12.0 Å². The van der Waals surface area contributed by atoms with E-state index in [2.05, 4.69) is 4.98 Å². The Morgan fingerprint density at radius 2 is 1.91 bits per heavy atom. The predicted molar refractivity (Wildman–Crippen MR) is 116 cm³/mol. The van der Waals surface area contributed by atoms with Gasteiger partial charge in [-0.25, -0.2) is 9.37 Å². The lowest BCUT2D eigenvalue weighted by Crippen LogP contribution is -2.24. The van der Waals surface area contributed by atoms with Crippen LogP contribution in [-0.2, 0) is 12.2 Å². The lowest BCUT2D eigenvalue weighted by molar-refractivity contribution is 0.0792. The van der Waals surface area contributed by atoms with Crippen LogP contribution in [0, 0.1) is 17.1 Å². The summed E-state index contributed by atoms with van der Waals surface area (Å²) in [5.41, 5.74) is 1.71. The minimum Gasteiger partial charge on any atom is -0.489 e. The third kappa shape index (κ3) is 3.43. The van der Waals surface area contributed by atoms with Crippen molar-refractivity contribution in [1.82, 2.24) is 9.55 Å². The highest BCUT2D eigenvalue weighted by Crippen LogP contribution is 2.47. The first-order chi connectivity index (χ1) is 15.6. The molecule has 3 aromatic carbocycles. The highest BCUT2D eigenvalue weighted by molar-refractivity contribution is 5.42. The first-order valence-electron chi connectivity index (χ1n) is 10.3. The van der Waals surface area contributed by atoms with Crippen molar-refractivity contribution >= 4 is 0 Å². The zero-order valence-electron chi connectivity index (χ0n) is 17.1. The maximum Gasteiger partial charge on any atom is 0.133 e. The number of ether oxygens (including phenoxy) is 1. The molecule has 158 valence electrons. The summed E-state index contributed by atoms with van der Waals surface area (Å²) in [5, 5.41) is 20.7. The van der Waals surface area contributed by atoms with Crippen molar-refractivity contribution in [2.24, 2.45) is 0 Å². The molecule has 0 saturated heterocycles. The van der Waals surface area contributed by atoms with Gasteiger partial charge in [0.2, 0.25) is 0 Å². The molecule has 0 fully saturated rings. The van der Waals surface area contributed by atoms with Crippen molar-refractivity contribution < 1.29 is 14.2 Å². The number of imidazole rings is 1. The van der Waals surface area contributed by atoms with Crippen LogP contribution in [0.1, 0.15) is 40.4 Å². The topological polar surface area (TPSA) is 71.1 Å². The van der Waals surface area contributed by atoms with Crippen LogP contribution in [0.2, 0.25) is 0 Å². The predicted octanol–water partition coefficient (Wildman–Crippen LogP) is 4.70. The summed E-state index contributed by atoms with van der Waals surface area (Å²) in [6.45, 7) is 0.456. The highest BCUT2D eigenvalue weighted by Gasteiger charge is 2.45. The van der Waals surface area contributed by atoms with Crippen LogP contribution in [0.15, 0.2) is 85.3 Å². The number of nitrogens with zero attached hydrogens (tertiary/aromatic N) is 3. The largest absolute Gasteiger partial charge is 0.489 e. The van der Waals surface area contributed by atoms with Gasteiger partial charge in [0.1, 0.15) is 23.8 Å². The molecule has 0 radical (unpaired) electrons. The minimum absolute atomic E-state index is 0.261. The molecule has 0 unspecified atom stereocenters. The third-order valence-corrected chi connectivity index (χ3v) is 5.98. The second-order valence-corrected chi connectivity index (χ2v) is 7.91. The summed E-state index contributed by atoms with van der Waals surface area (Å²) in [5.74, 6) is 0.227. The van der Waals surface area contributed by atoms with Gasteiger partial charge in [-0.05, 0) is 35.4 Å². The van der Waals surface area contributed by atoms with Crippen LogP contribution < -0.4 is 4.74 Å². The Morgan fingerprint density at radius 1 is 1.12 bits per heavy atom. The molecule has 4 aromatic rings. The Balaban J connectivity index is 1.41. The lowest BCUT2D eigenvalue weighted by atomic mass is 9.86. The molecule has 2 heterocycles. The fourth-order valence-corrected chi connectivity index (χ4v) is 4.32. The Labute approximate surface area is 185 Å². The summed E-state index contributed by atoms with van der Waals surface area (Å²) in [7, 11) is 0. The molecule has 0 spiro atoms. The highest BCUT2D eigenvalue weighted by atomic mass is 19.1. The van der Waals surface area contributed by atoms with Gasteiger partial charge < -0.3 is 14.4 Å². The lowest BCUT2D eigenvalue weighted by Gasteiger charge is -2.23. The molecule has 1 N–H and O–H groups in total. The van der Waals surface area contributed by atoms with Gasteiger partial charge in [-0.3, -0.25) is 0 Å². The Morgan fingerprint density at radius 3 is 2.62 bits per heavy atom. The van der Waals surface area contributed by atoms with E-state index >= 15 is 0 Å². The second-order valence-electron chi connectivity index (χ2n) is 7.91. The fourth-order valence-electron chi connectivity index (χ4n) is 4.32. The molecule has 1 aliphatic heterocycles. The van der Waals surface area contributed by atoms with E-state index in [1.165, 1.54) is 6.07 Å². The van der Waals surface area contributed by atoms with E-state index in [0.29, 0.717) is 29.2 Å². The van der Waals surface area contributed by atoms with E-state index in [4.69, 9.17) is 10.00 Å². The molecule has 0 bridgehead atoms. The number of aliphatic hydroxyl groups is 1. The van der Waals surface area contributed by atoms with Gasteiger partial charge in [-0.15, -0.1) is 0 Å². The molecule has 5 nitrogen and oxygen atoms in total.